The van der Waals surface area contributed by atoms with E-state index >= 15 is 0 Å². The minimum atomic E-state index is -0.749. The largest absolute Gasteiger partial charge is 0.455 e. The molecule has 0 aliphatic carbocycles. The third-order valence-electron chi connectivity index (χ3n) is 7.57. The average Bonchev–Trinajstić information content (AvgIpc) is 3.98. The van der Waals surface area contributed by atoms with Crippen LogP contribution in [-0.2, 0) is 0 Å². The van der Waals surface area contributed by atoms with Crippen LogP contribution in [0.25, 0.3) is 93.9 Å². The Morgan fingerprint density at radius 3 is 2.09 bits per heavy atom. The maximum Gasteiger partial charge on any atom is 0.180 e. The molecule has 10 rings (SSSR count). The maximum absolute atomic E-state index is 9.50. The Kier molecular flexibility index (Phi) is 2.53. The second-order valence-corrected chi connectivity index (χ2v) is 9.98. The molecule has 10 aromatic rings. The van der Waals surface area contributed by atoms with Gasteiger partial charge in [-0.3, -0.25) is 0 Å². The van der Waals surface area contributed by atoms with Crippen molar-refractivity contribution in [2.75, 3.05) is 0 Å². The summed E-state index contributed by atoms with van der Waals surface area (Å²) in [5.41, 5.74) is -2.35. The van der Waals surface area contributed by atoms with Crippen LogP contribution >= 0.6 is 0 Å². The van der Waals surface area contributed by atoms with Crippen LogP contribution in [-0.4, -0.2) is 14.5 Å². The van der Waals surface area contributed by atoms with Crippen LogP contribution in [0.2, 0.25) is 0 Å². The van der Waals surface area contributed by atoms with Crippen molar-refractivity contribution in [1.29, 1.82) is 0 Å². The molecule has 5 heteroatoms. The first-order valence-corrected chi connectivity index (χ1v) is 13.4. The molecule has 0 bridgehead atoms. The lowest BCUT2D eigenvalue weighted by Gasteiger charge is -2.07. The van der Waals surface area contributed by atoms with Crippen LogP contribution in [0, 0.1) is 0 Å². The van der Waals surface area contributed by atoms with Gasteiger partial charge in [0.15, 0.2) is 5.58 Å². The Balaban J connectivity index is 1.26. The summed E-state index contributed by atoms with van der Waals surface area (Å²) in [4.78, 5) is 8.74. The molecule has 0 radical (unpaired) electrons. The Morgan fingerprint density at radius 2 is 1.24 bits per heavy atom. The molecule has 0 atom stereocenters. The van der Waals surface area contributed by atoms with E-state index in [0.717, 1.165) is 6.33 Å². The van der Waals surface area contributed by atoms with E-state index in [1.165, 1.54) is 22.8 Å². The molecule has 4 aromatic heterocycles. The van der Waals surface area contributed by atoms with Gasteiger partial charge in [-0.25, -0.2) is 9.97 Å². The van der Waals surface area contributed by atoms with E-state index in [1.54, 1.807) is 0 Å². The van der Waals surface area contributed by atoms with Crippen molar-refractivity contribution in [3.8, 4) is 28.1 Å². The van der Waals surface area contributed by atoms with Crippen molar-refractivity contribution in [2.24, 2.45) is 0 Å². The molecule has 4 heterocycles. The highest BCUT2D eigenvalue weighted by molar-refractivity contribution is 6.12. The number of nitrogens with zero attached hydrogens (tertiary/aromatic N) is 3. The van der Waals surface area contributed by atoms with Crippen LogP contribution in [0.1, 0.15) is 26.0 Å². The monoisotopic (exact) mass is 596 g/mol. The van der Waals surface area contributed by atoms with E-state index < -0.39 is 137 Å². The molecule has 0 spiro atoms. The van der Waals surface area contributed by atoms with Crippen molar-refractivity contribution in [2.45, 2.75) is 0 Å². The van der Waals surface area contributed by atoms with Gasteiger partial charge in [0.05, 0.1) is 37.1 Å². The van der Waals surface area contributed by atoms with Crippen molar-refractivity contribution >= 4 is 65.8 Å². The highest BCUT2D eigenvalue weighted by Gasteiger charge is 2.19. The first kappa shape index (κ1) is 12.4. The summed E-state index contributed by atoms with van der Waals surface area (Å²) in [5, 5.41) is -0.561. The quantitative estimate of drug-likeness (QED) is 0.204. The van der Waals surface area contributed by atoms with E-state index in [2.05, 4.69) is 9.97 Å². The van der Waals surface area contributed by atoms with E-state index in [0.29, 0.717) is 0 Å². The summed E-state index contributed by atoms with van der Waals surface area (Å²) in [5.74, 6) is 0. The first-order valence-electron chi connectivity index (χ1n) is 22.9. The molecule has 0 saturated carbocycles. The number of rotatable bonds is 3. The lowest BCUT2D eigenvalue weighted by atomic mass is 9.99. The molecule has 0 N–H and O–H groups in total. The van der Waals surface area contributed by atoms with Gasteiger partial charge in [0, 0.05) is 43.7 Å². The van der Waals surface area contributed by atoms with Gasteiger partial charge in [-0.2, -0.15) is 0 Å². The van der Waals surface area contributed by atoms with Crippen molar-refractivity contribution in [3.05, 3.63) is 139 Å². The van der Waals surface area contributed by atoms with Gasteiger partial charge in [0.2, 0.25) is 0 Å². The second-order valence-electron chi connectivity index (χ2n) is 9.98. The predicted molar refractivity (Wildman–Crippen MR) is 182 cm³/mol. The molecule has 6 aromatic carbocycles. The Bertz CT molecular complexity index is 3780. The fraction of sp³-hybridized carbons (Fsp3) is 0. The predicted octanol–water partition coefficient (Wildman–Crippen LogP) is 10.7. The summed E-state index contributed by atoms with van der Waals surface area (Å²) in [6.45, 7) is 0. The van der Waals surface area contributed by atoms with Crippen molar-refractivity contribution in [3.63, 3.8) is 0 Å². The maximum atomic E-state index is 9.50. The summed E-state index contributed by atoms with van der Waals surface area (Å²) in [6.07, 6.45) is 1.08. The van der Waals surface area contributed by atoms with Gasteiger partial charge in [0.25, 0.3) is 0 Å². The van der Waals surface area contributed by atoms with E-state index in [4.69, 9.17) is 33.5 Å². The molecule has 210 valence electrons. The Hall–Kier alpha value is -6.20. The molecule has 0 unspecified atom stereocenters. The van der Waals surface area contributed by atoms with Crippen molar-refractivity contribution in [1.82, 2.24) is 14.5 Å². The van der Waals surface area contributed by atoms with Crippen LogP contribution in [0.4, 0.5) is 0 Å². The molecule has 5 nitrogen and oxygen atoms in total. The molecule has 0 aliphatic rings. The third kappa shape index (κ3) is 3.49. The Labute approximate surface area is 283 Å². The lowest BCUT2D eigenvalue weighted by Crippen LogP contribution is -1.93. The molecule has 45 heavy (non-hydrogen) atoms. The standard InChI is InChI=1S/C40H23N3O2/c1-4-16-33-28(11-1)29-12-2-5-17-34(29)43(33)26-19-20-36-32(22-26)38-40(45-36)37(41-23-42-38)25-10-7-9-24(21-25)27-14-8-15-31-30-13-3-6-18-35(30)44-39(27)31/h1-23H/i1D,2D,3D,4D,5D,6D,7D,8D,9D,10D,11D,12D,13D,14D,15D,16D,17D,18D,21D. The fourth-order valence-corrected chi connectivity index (χ4v) is 5.65. The number of benzene rings is 6. The van der Waals surface area contributed by atoms with Crippen LogP contribution in [0.3, 0.4) is 0 Å². The van der Waals surface area contributed by atoms with Gasteiger partial charge in [0.1, 0.15) is 34.3 Å². The SMILES string of the molecule is [2H]c1c([2H])c(-c2ncnc3c2oc2ccc(-n4c5c([2H])c([2H])c([2H])c([2H])c5c5c([2H])c([2H])c([2H])c([2H])c54)cc23)c([2H])c(-c2c([2H])c([2H])c([2H])c3c2oc2c([2H])c([2H])c([2H])c([2H])c23)c1[2H]. The zero-order valence-electron chi connectivity index (χ0n) is 41.5. The van der Waals surface area contributed by atoms with Gasteiger partial charge < -0.3 is 13.4 Å². The highest BCUT2D eigenvalue weighted by Crippen LogP contribution is 2.39. The number of furan rings is 2. The van der Waals surface area contributed by atoms with Gasteiger partial charge >= 0.3 is 0 Å². The van der Waals surface area contributed by atoms with Crippen LogP contribution in [0.15, 0.2) is 148 Å². The molecule has 0 aliphatic heterocycles. The summed E-state index contributed by atoms with van der Waals surface area (Å²) < 4.78 is 178. The number of para-hydroxylation sites is 4. The minimum Gasteiger partial charge on any atom is -0.455 e. The molecule has 0 amide bonds. The van der Waals surface area contributed by atoms with E-state index in [9.17, 15) is 1.37 Å². The normalized spacial score (nSPS) is 17.9. The number of hydrogen-bond donors (Lipinski definition) is 0. The van der Waals surface area contributed by atoms with Crippen molar-refractivity contribution < 1.29 is 34.9 Å². The highest BCUT2D eigenvalue weighted by atomic mass is 16.3. The number of hydrogen-bond acceptors (Lipinski definition) is 4. The van der Waals surface area contributed by atoms with E-state index in [1.807, 2.05) is 0 Å². The second kappa shape index (κ2) is 9.15. The summed E-state index contributed by atoms with van der Waals surface area (Å²) >= 11 is 0. The smallest absolute Gasteiger partial charge is 0.180 e. The van der Waals surface area contributed by atoms with Crippen LogP contribution in [0.5, 0.6) is 0 Å². The lowest BCUT2D eigenvalue weighted by molar-refractivity contribution is 0.667. The number of fused-ring (bicyclic) bond motifs is 9. The Morgan fingerprint density at radius 1 is 0.556 bits per heavy atom. The van der Waals surface area contributed by atoms with E-state index in [-0.39, 0.29) is 71.6 Å². The van der Waals surface area contributed by atoms with Gasteiger partial charge in [-0.15, -0.1) is 0 Å². The van der Waals surface area contributed by atoms with Gasteiger partial charge in [-0.1, -0.05) is 90.6 Å². The topological polar surface area (TPSA) is 57.0 Å². The van der Waals surface area contributed by atoms with Crippen LogP contribution < -0.4 is 0 Å². The molecule has 0 saturated heterocycles. The number of aromatic nitrogens is 3. The summed E-state index contributed by atoms with van der Waals surface area (Å²) in [7, 11) is 0. The minimum absolute atomic E-state index is 0.0736. The fourth-order valence-electron chi connectivity index (χ4n) is 5.65. The molecule has 0 fully saturated rings. The first-order chi connectivity index (χ1) is 30.2. The zero-order valence-corrected chi connectivity index (χ0v) is 22.5. The average molecular weight is 597 g/mol. The molecular formula is C40H23N3O2. The zero-order chi connectivity index (χ0) is 46.0. The molecular weight excluding hydrogens is 554 g/mol. The summed E-state index contributed by atoms with van der Waals surface area (Å²) in [6, 6.07) is -7.39. The van der Waals surface area contributed by atoms with Gasteiger partial charge in [-0.05, 0) is 47.9 Å². The third-order valence-corrected chi connectivity index (χ3v) is 7.57.